The van der Waals surface area contributed by atoms with Gasteiger partial charge in [-0.15, -0.1) is 0 Å². The van der Waals surface area contributed by atoms with Crippen LogP contribution in [0.3, 0.4) is 0 Å². The molecule has 0 saturated heterocycles. The van der Waals surface area contributed by atoms with Crippen LogP contribution in [0.2, 0.25) is 0 Å². The second-order valence-electron chi connectivity index (χ2n) is 6.42. The minimum atomic E-state index is -0.691. The van der Waals surface area contributed by atoms with Crippen LogP contribution in [0, 0.1) is 0 Å². The van der Waals surface area contributed by atoms with Crippen molar-refractivity contribution in [3.05, 3.63) is 70.8 Å². The summed E-state index contributed by atoms with van der Waals surface area (Å²) in [4.78, 5) is 42.4. The lowest BCUT2D eigenvalue weighted by molar-refractivity contribution is -0.152. The number of amides is 1. The smallest absolute Gasteiger partial charge is 0.326 e. The summed E-state index contributed by atoms with van der Waals surface area (Å²) in [5, 5.41) is 0.412. The van der Waals surface area contributed by atoms with Gasteiger partial charge in [-0.3, -0.25) is 19.0 Å². The van der Waals surface area contributed by atoms with E-state index in [0.717, 1.165) is 10.1 Å². The average molecular weight is 395 g/mol. The van der Waals surface area contributed by atoms with Crippen LogP contribution in [-0.4, -0.2) is 47.1 Å². The number of aromatic nitrogens is 2. The summed E-state index contributed by atoms with van der Waals surface area (Å²) < 4.78 is 11.5. The summed E-state index contributed by atoms with van der Waals surface area (Å²) in [5.74, 6) is -0.385. The molecular formula is C21H21N3O5. The van der Waals surface area contributed by atoms with Crippen molar-refractivity contribution in [2.24, 2.45) is 0 Å². The molecule has 0 saturated carbocycles. The molecule has 0 atom stereocenters. The third kappa shape index (κ3) is 4.78. The molecule has 0 fully saturated rings. The van der Waals surface area contributed by atoms with Crippen molar-refractivity contribution in [3.63, 3.8) is 0 Å². The molecule has 0 bridgehead atoms. The lowest BCUT2D eigenvalue weighted by atomic mass is 10.2. The topological polar surface area (TPSA) is 90.7 Å². The van der Waals surface area contributed by atoms with Gasteiger partial charge in [-0.1, -0.05) is 30.3 Å². The van der Waals surface area contributed by atoms with Gasteiger partial charge in [-0.25, -0.2) is 4.98 Å². The fourth-order valence-electron chi connectivity index (χ4n) is 2.83. The van der Waals surface area contributed by atoms with Crippen LogP contribution in [0.25, 0.3) is 10.9 Å². The van der Waals surface area contributed by atoms with E-state index in [1.54, 1.807) is 38.4 Å². The Bertz CT molecular complexity index is 1090. The van der Waals surface area contributed by atoms with Crippen molar-refractivity contribution in [2.45, 2.75) is 13.1 Å². The first-order valence-corrected chi connectivity index (χ1v) is 8.95. The molecule has 0 radical (unpaired) electrons. The number of esters is 1. The first-order valence-electron chi connectivity index (χ1n) is 8.95. The largest absolute Gasteiger partial charge is 0.496 e. The monoisotopic (exact) mass is 395 g/mol. The zero-order chi connectivity index (χ0) is 20.8. The first-order chi connectivity index (χ1) is 14.0. The number of carbonyl (C=O) groups is 2. The molecule has 0 aliphatic carbocycles. The Morgan fingerprint density at radius 1 is 1.10 bits per heavy atom. The van der Waals surface area contributed by atoms with E-state index < -0.39 is 12.6 Å². The highest BCUT2D eigenvalue weighted by molar-refractivity contribution is 5.81. The highest BCUT2D eigenvalue weighted by Gasteiger charge is 2.15. The lowest BCUT2D eigenvalue weighted by Gasteiger charge is -2.18. The number of carbonyl (C=O) groups excluding carboxylic acids is 2. The van der Waals surface area contributed by atoms with Crippen molar-refractivity contribution in [2.75, 3.05) is 20.8 Å². The van der Waals surface area contributed by atoms with Crippen LogP contribution < -0.4 is 10.3 Å². The van der Waals surface area contributed by atoms with Gasteiger partial charge in [0.2, 0.25) is 0 Å². The van der Waals surface area contributed by atoms with Crippen LogP contribution in [0.5, 0.6) is 5.75 Å². The molecule has 0 aliphatic heterocycles. The van der Waals surface area contributed by atoms with Crippen LogP contribution in [-0.2, 0) is 27.4 Å². The SMILES string of the molecule is COc1ccccc1CN(C)C(=O)COC(=O)Cn1cnc2ccccc2c1=O. The van der Waals surface area contributed by atoms with Gasteiger partial charge in [-0.05, 0) is 18.2 Å². The molecule has 29 heavy (non-hydrogen) atoms. The molecule has 3 rings (SSSR count). The number of hydrogen-bond donors (Lipinski definition) is 0. The van der Waals surface area contributed by atoms with Gasteiger partial charge in [-0.2, -0.15) is 0 Å². The predicted molar refractivity (Wildman–Crippen MR) is 106 cm³/mol. The van der Waals surface area contributed by atoms with Gasteiger partial charge in [0, 0.05) is 19.2 Å². The molecule has 8 heteroatoms. The van der Waals surface area contributed by atoms with Crippen LogP contribution in [0.15, 0.2) is 59.7 Å². The fourth-order valence-corrected chi connectivity index (χ4v) is 2.83. The summed E-state index contributed by atoms with van der Waals surface area (Å²) in [7, 11) is 3.17. The molecule has 1 amide bonds. The number of ether oxygens (including phenoxy) is 2. The van der Waals surface area contributed by atoms with E-state index in [1.807, 2.05) is 24.3 Å². The molecule has 1 aromatic heterocycles. The maximum Gasteiger partial charge on any atom is 0.326 e. The predicted octanol–water partition coefficient (Wildman–Crippen LogP) is 1.61. The number of benzene rings is 2. The minimum absolute atomic E-state index is 0.314. The minimum Gasteiger partial charge on any atom is -0.496 e. The van der Waals surface area contributed by atoms with Gasteiger partial charge >= 0.3 is 5.97 Å². The number of fused-ring (bicyclic) bond motifs is 1. The van der Waals surface area contributed by atoms with Gasteiger partial charge in [0.25, 0.3) is 11.5 Å². The molecule has 0 N–H and O–H groups in total. The maximum absolute atomic E-state index is 12.4. The van der Waals surface area contributed by atoms with Gasteiger partial charge in [0.1, 0.15) is 12.3 Å². The Balaban J connectivity index is 1.57. The molecule has 0 aliphatic rings. The Kier molecular flexibility index (Phi) is 6.23. The van der Waals surface area contributed by atoms with E-state index in [0.29, 0.717) is 23.2 Å². The summed E-state index contributed by atoms with van der Waals surface area (Å²) in [6, 6.07) is 14.2. The van der Waals surface area contributed by atoms with E-state index in [2.05, 4.69) is 4.98 Å². The highest BCUT2D eigenvalue weighted by Crippen LogP contribution is 2.18. The third-order valence-electron chi connectivity index (χ3n) is 4.41. The molecular weight excluding hydrogens is 374 g/mol. The Morgan fingerprint density at radius 3 is 2.62 bits per heavy atom. The Morgan fingerprint density at radius 2 is 1.83 bits per heavy atom. The number of likely N-dealkylation sites (N-methyl/N-ethyl adjacent to an activating group) is 1. The molecule has 0 spiro atoms. The van der Waals surface area contributed by atoms with Crippen molar-refractivity contribution in [1.29, 1.82) is 0 Å². The van der Waals surface area contributed by atoms with Crippen LogP contribution in [0.4, 0.5) is 0 Å². The summed E-state index contributed by atoms with van der Waals surface area (Å²) in [6.07, 6.45) is 1.29. The molecule has 8 nitrogen and oxygen atoms in total. The molecule has 2 aromatic carbocycles. The quantitative estimate of drug-likeness (QED) is 0.565. The van der Waals surface area contributed by atoms with E-state index in [9.17, 15) is 14.4 Å². The summed E-state index contributed by atoms with van der Waals surface area (Å²) >= 11 is 0. The van der Waals surface area contributed by atoms with Crippen molar-refractivity contribution in [3.8, 4) is 5.75 Å². The normalized spacial score (nSPS) is 10.6. The molecule has 0 unspecified atom stereocenters. The highest BCUT2D eigenvalue weighted by atomic mass is 16.5. The Hall–Kier alpha value is -3.68. The van der Waals surface area contributed by atoms with Gasteiger partial charge < -0.3 is 14.4 Å². The number of hydrogen-bond acceptors (Lipinski definition) is 6. The van der Waals surface area contributed by atoms with Crippen molar-refractivity contribution < 1.29 is 19.1 Å². The second-order valence-corrected chi connectivity index (χ2v) is 6.42. The fraction of sp³-hybridized carbons (Fsp3) is 0.238. The zero-order valence-electron chi connectivity index (χ0n) is 16.2. The van der Waals surface area contributed by atoms with E-state index in [1.165, 1.54) is 11.2 Å². The number of methoxy groups -OCH3 is 1. The average Bonchev–Trinajstić information content (AvgIpc) is 2.74. The van der Waals surface area contributed by atoms with Crippen LogP contribution >= 0.6 is 0 Å². The van der Waals surface area contributed by atoms with Crippen LogP contribution in [0.1, 0.15) is 5.56 Å². The second kappa shape index (κ2) is 9.01. The molecule has 150 valence electrons. The van der Waals surface area contributed by atoms with E-state index in [4.69, 9.17) is 9.47 Å². The number of nitrogens with zero attached hydrogens (tertiary/aromatic N) is 3. The van der Waals surface area contributed by atoms with Crippen molar-refractivity contribution in [1.82, 2.24) is 14.5 Å². The molecule has 1 heterocycles. The third-order valence-corrected chi connectivity index (χ3v) is 4.41. The van der Waals surface area contributed by atoms with E-state index >= 15 is 0 Å². The standard InChI is InChI=1S/C21H21N3O5/c1-23(11-15-7-3-6-10-18(15)28-2)19(25)13-29-20(26)12-24-14-22-17-9-5-4-8-16(17)21(24)27/h3-10,14H,11-13H2,1-2H3. The van der Waals surface area contributed by atoms with E-state index in [-0.39, 0.29) is 18.0 Å². The zero-order valence-corrected chi connectivity index (χ0v) is 16.2. The number of para-hydroxylation sites is 2. The molecule has 3 aromatic rings. The van der Waals surface area contributed by atoms with Gasteiger partial charge in [0.05, 0.1) is 24.3 Å². The van der Waals surface area contributed by atoms with Gasteiger partial charge in [0.15, 0.2) is 6.61 Å². The maximum atomic E-state index is 12.4. The summed E-state index contributed by atoms with van der Waals surface area (Å²) in [6.45, 7) is -0.422. The number of rotatable bonds is 7. The lowest BCUT2D eigenvalue weighted by Crippen LogP contribution is -2.32. The summed E-state index contributed by atoms with van der Waals surface area (Å²) in [5.41, 5.74) is 1.05. The Labute approximate surface area is 167 Å². The van der Waals surface area contributed by atoms with Crippen molar-refractivity contribution >= 4 is 22.8 Å². The first kappa shape index (κ1) is 20.1.